The fourth-order valence-electron chi connectivity index (χ4n) is 3.13. The van der Waals surface area contributed by atoms with E-state index in [1.54, 1.807) is 0 Å². The van der Waals surface area contributed by atoms with Gasteiger partial charge in [-0.05, 0) is 27.7 Å². The van der Waals surface area contributed by atoms with Crippen molar-refractivity contribution >= 4 is 5.91 Å². The van der Waals surface area contributed by atoms with E-state index in [0.29, 0.717) is 6.61 Å². The van der Waals surface area contributed by atoms with Crippen molar-refractivity contribution in [3.8, 4) is 0 Å². The minimum atomic E-state index is -0.719. The average molecular weight is 301 g/mol. The molecule has 0 aromatic carbocycles. The van der Waals surface area contributed by atoms with E-state index >= 15 is 0 Å². The Labute approximate surface area is 124 Å². The molecule has 0 aromatic rings. The van der Waals surface area contributed by atoms with Gasteiger partial charge in [-0.25, -0.2) is 0 Å². The van der Waals surface area contributed by atoms with Gasteiger partial charge in [0.05, 0.1) is 12.6 Å². The molecule has 0 saturated carbocycles. The van der Waals surface area contributed by atoms with Crippen LogP contribution in [-0.2, 0) is 28.5 Å². The van der Waals surface area contributed by atoms with E-state index in [-0.39, 0.29) is 30.3 Å². The highest BCUT2D eigenvalue weighted by molar-refractivity contribution is 5.73. The maximum atomic E-state index is 11.5. The molecule has 1 N–H and O–H groups in total. The van der Waals surface area contributed by atoms with Crippen LogP contribution in [0.25, 0.3) is 0 Å². The molecule has 3 saturated heterocycles. The number of ether oxygens (including phenoxy) is 5. The van der Waals surface area contributed by atoms with Crippen molar-refractivity contribution < 1.29 is 28.5 Å². The molecule has 0 radical (unpaired) electrons. The van der Waals surface area contributed by atoms with Crippen LogP contribution in [0.3, 0.4) is 0 Å². The van der Waals surface area contributed by atoms with Crippen LogP contribution < -0.4 is 5.32 Å². The summed E-state index contributed by atoms with van der Waals surface area (Å²) in [5.41, 5.74) is 0. The SMILES string of the molecule is CC(=O)N[C@@H]1[C@H]([C@@H]2COC(C)(C)O2)O[C@@H]2OC(C)(C)O[C@@H]21. The van der Waals surface area contributed by atoms with Gasteiger partial charge in [0.2, 0.25) is 5.91 Å². The molecule has 0 unspecified atom stereocenters. The Morgan fingerprint density at radius 3 is 2.33 bits per heavy atom. The summed E-state index contributed by atoms with van der Waals surface area (Å²) < 4.78 is 29.0. The van der Waals surface area contributed by atoms with Crippen LogP contribution in [0.2, 0.25) is 0 Å². The first kappa shape index (κ1) is 15.2. The Morgan fingerprint density at radius 1 is 1.05 bits per heavy atom. The fourth-order valence-corrected chi connectivity index (χ4v) is 3.13. The van der Waals surface area contributed by atoms with Gasteiger partial charge in [0.15, 0.2) is 17.9 Å². The zero-order valence-electron chi connectivity index (χ0n) is 13.0. The topological polar surface area (TPSA) is 75.3 Å². The Bertz CT molecular complexity index is 437. The summed E-state index contributed by atoms with van der Waals surface area (Å²) in [5.74, 6) is -1.50. The summed E-state index contributed by atoms with van der Waals surface area (Å²) in [6.45, 7) is 9.25. The lowest BCUT2D eigenvalue weighted by Crippen LogP contribution is -2.52. The lowest BCUT2D eigenvalue weighted by atomic mass is 10.0. The smallest absolute Gasteiger partial charge is 0.217 e. The van der Waals surface area contributed by atoms with Crippen LogP contribution in [0, 0.1) is 0 Å². The highest BCUT2D eigenvalue weighted by atomic mass is 16.8. The number of carbonyl (C=O) groups excluding carboxylic acids is 1. The largest absolute Gasteiger partial charge is 0.348 e. The number of rotatable bonds is 2. The molecule has 1 amide bonds. The van der Waals surface area contributed by atoms with Crippen LogP contribution in [-0.4, -0.2) is 54.7 Å². The van der Waals surface area contributed by atoms with E-state index in [9.17, 15) is 4.79 Å². The maximum Gasteiger partial charge on any atom is 0.217 e. The van der Waals surface area contributed by atoms with E-state index < -0.39 is 17.9 Å². The Balaban J connectivity index is 1.77. The summed E-state index contributed by atoms with van der Waals surface area (Å²) in [6.07, 6.45) is -1.48. The minimum absolute atomic E-state index is 0.138. The minimum Gasteiger partial charge on any atom is -0.348 e. The second kappa shape index (κ2) is 4.89. The number of carbonyl (C=O) groups is 1. The molecule has 5 atom stereocenters. The molecule has 3 rings (SSSR count). The van der Waals surface area contributed by atoms with E-state index in [4.69, 9.17) is 23.7 Å². The highest BCUT2D eigenvalue weighted by Crippen LogP contribution is 2.40. The Kier molecular flexibility index (Phi) is 3.53. The Morgan fingerprint density at radius 2 is 1.76 bits per heavy atom. The lowest BCUT2D eigenvalue weighted by Gasteiger charge is -2.29. The van der Waals surface area contributed by atoms with Crippen LogP contribution in [0.15, 0.2) is 0 Å². The maximum absolute atomic E-state index is 11.5. The summed E-state index contributed by atoms with van der Waals surface area (Å²) in [5, 5.41) is 2.90. The quantitative estimate of drug-likeness (QED) is 0.801. The number of amides is 1. The summed E-state index contributed by atoms with van der Waals surface area (Å²) >= 11 is 0. The molecule has 3 heterocycles. The molecule has 0 aliphatic carbocycles. The molecule has 3 fully saturated rings. The molecule has 3 aliphatic heterocycles. The number of fused-ring (bicyclic) bond motifs is 1. The van der Waals surface area contributed by atoms with E-state index in [0.717, 1.165) is 0 Å². The van der Waals surface area contributed by atoms with Crippen molar-refractivity contribution in [2.45, 2.75) is 76.8 Å². The van der Waals surface area contributed by atoms with Gasteiger partial charge in [0.1, 0.15) is 18.3 Å². The predicted octanol–water partition coefficient (Wildman–Crippen LogP) is 0.519. The molecule has 0 bridgehead atoms. The zero-order valence-corrected chi connectivity index (χ0v) is 13.0. The molecular weight excluding hydrogens is 278 g/mol. The van der Waals surface area contributed by atoms with E-state index in [1.165, 1.54) is 6.92 Å². The van der Waals surface area contributed by atoms with E-state index in [2.05, 4.69) is 5.32 Å². The van der Waals surface area contributed by atoms with Crippen molar-refractivity contribution in [3.63, 3.8) is 0 Å². The van der Waals surface area contributed by atoms with Crippen LogP contribution in [0.1, 0.15) is 34.6 Å². The molecule has 0 aromatic heterocycles. The number of hydrogen-bond donors (Lipinski definition) is 1. The van der Waals surface area contributed by atoms with Crippen LogP contribution in [0.5, 0.6) is 0 Å². The Hall–Kier alpha value is -0.730. The monoisotopic (exact) mass is 301 g/mol. The van der Waals surface area contributed by atoms with Crippen molar-refractivity contribution in [3.05, 3.63) is 0 Å². The first-order valence-electron chi connectivity index (χ1n) is 7.27. The normalized spacial score (nSPS) is 43.8. The summed E-state index contributed by atoms with van der Waals surface area (Å²) in [4.78, 5) is 11.5. The van der Waals surface area contributed by atoms with Crippen LogP contribution >= 0.6 is 0 Å². The molecule has 0 spiro atoms. The third kappa shape index (κ3) is 2.93. The summed E-state index contributed by atoms with van der Waals surface area (Å²) in [6, 6.07) is -0.322. The van der Waals surface area contributed by atoms with Gasteiger partial charge in [0.25, 0.3) is 0 Å². The summed E-state index contributed by atoms with van der Waals surface area (Å²) in [7, 11) is 0. The second-order valence-electron chi connectivity index (χ2n) is 6.66. The second-order valence-corrected chi connectivity index (χ2v) is 6.66. The average Bonchev–Trinajstić information content (AvgIpc) is 2.90. The number of hydrogen-bond acceptors (Lipinski definition) is 6. The molecule has 3 aliphatic rings. The lowest BCUT2D eigenvalue weighted by molar-refractivity contribution is -0.223. The van der Waals surface area contributed by atoms with Crippen molar-refractivity contribution in [2.24, 2.45) is 0 Å². The molecule has 7 heteroatoms. The van der Waals surface area contributed by atoms with Gasteiger partial charge < -0.3 is 29.0 Å². The zero-order chi connectivity index (χ0) is 15.4. The molecule has 7 nitrogen and oxygen atoms in total. The number of nitrogens with one attached hydrogen (secondary N) is 1. The third-order valence-electron chi connectivity index (χ3n) is 3.85. The van der Waals surface area contributed by atoms with Gasteiger partial charge in [-0.1, -0.05) is 0 Å². The van der Waals surface area contributed by atoms with Crippen molar-refractivity contribution in [2.75, 3.05) is 6.61 Å². The van der Waals surface area contributed by atoms with E-state index in [1.807, 2.05) is 27.7 Å². The van der Waals surface area contributed by atoms with Gasteiger partial charge >= 0.3 is 0 Å². The van der Waals surface area contributed by atoms with Crippen LogP contribution in [0.4, 0.5) is 0 Å². The molecule has 120 valence electrons. The molecule has 21 heavy (non-hydrogen) atoms. The van der Waals surface area contributed by atoms with Gasteiger partial charge in [-0.15, -0.1) is 0 Å². The first-order chi connectivity index (χ1) is 9.67. The third-order valence-corrected chi connectivity index (χ3v) is 3.85. The molecular formula is C14H23NO6. The standard InChI is InChI=1S/C14H23NO6/c1-7(16)15-9-10(8-6-17-13(2,3)19-8)18-12-11(9)20-14(4,5)21-12/h8-12H,6H2,1-5H3,(H,15,16)/t8-,9+,10-,11+,12+/m0/s1. The first-order valence-corrected chi connectivity index (χ1v) is 7.27. The van der Waals surface area contributed by atoms with Gasteiger partial charge in [-0.2, -0.15) is 0 Å². The predicted molar refractivity (Wildman–Crippen MR) is 71.2 cm³/mol. The van der Waals surface area contributed by atoms with Crippen molar-refractivity contribution in [1.82, 2.24) is 5.32 Å². The highest BCUT2D eigenvalue weighted by Gasteiger charge is 2.58. The fraction of sp³-hybridized carbons (Fsp3) is 0.929. The van der Waals surface area contributed by atoms with Crippen molar-refractivity contribution in [1.29, 1.82) is 0 Å². The van der Waals surface area contributed by atoms with Gasteiger partial charge in [-0.3, -0.25) is 4.79 Å². The van der Waals surface area contributed by atoms with Gasteiger partial charge in [0, 0.05) is 6.92 Å².